The quantitative estimate of drug-likeness (QED) is 0.845. The zero-order valence-electron chi connectivity index (χ0n) is 14.2. The number of rotatable bonds is 5. The van der Waals surface area contributed by atoms with Gasteiger partial charge in [-0.1, -0.05) is 32.0 Å². The number of aromatic nitrogens is 2. The fourth-order valence-corrected chi connectivity index (χ4v) is 4.33. The van der Waals surface area contributed by atoms with Crippen LogP contribution in [-0.4, -0.2) is 37.5 Å². The van der Waals surface area contributed by atoms with Crippen molar-refractivity contribution < 1.29 is 4.21 Å². The summed E-state index contributed by atoms with van der Waals surface area (Å²) in [5.74, 6) is 2.30. The molecule has 0 aliphatic carbocycles. The van der Waals surface area contributed by atoms with Gasteiger partial charge in [0, 0.05) is 55.4 Å². The Balaban J connectivity index is 1.62. The van der Waals surface area contributed by atoms with Crippen LogP contribution in [0.3, 0.4) is 0 Å². The SMILES string of the molecule is CC(C)c1nc2c(n1C)CCN(CC[S@@](=O)c1ccccc1)C2. The molecule has 3 rings (SSSR count). The summed E-state index contributed by atoms with van der Waals surface area (Å²) in [6.07, 6.45) is 1.03. The Hall–Kier alpha value is -1.46. The van der Waals surface area contributed by atoms with E-state index in [-0.39, 0.29) is 0 Å². The van der Waals surface area contributed by atoms with Gasteiger partial charge in [0.2, 0.25) is 0 Å². The van der Waals surface area contributed by atoms with Gasteiger partial charge in [-0.3, -0.25) is 9.11 Å². The molecule has 0 fully saturated rings. The van der Waals surface area contributed by atoms with E-state index in [1.165, 1.54) is 17.2 Å². The van der Waals surface area contributed by atoms with Crippen LogP contribution in [0.2, 0.25) is 0 Å². The number of imidazole rings is 1. The summed E-state index contributed by atoms with van der Waals surface area (Å²) in [5, 5.41) is 0. The molecule has 0 saturated carbocycles. The first kappa shape index (κ1) is 16.4. The molecule has 0 amide bonds. The van der Waals surface area contributed by atoms with Gasteiger partial charge in [-0.2, -0.15) is 0 Å². The molecule has 5 heteroatoms. The molecule has 2 aromatic rings. The van der Waals surface area contributed by atoms with Crippen LogP contribution in [0.4, 0.5) is 0 Å². The third-order valence-electron chi connectivity index (χ3n) is 4.48. The number of hydrogen-bond donors (Lipinski definition) is 0. The highest BCUT2D eigenvalue weighted by Crippen LogP contribution is 2.23. The number of hydrogen-bond acceptors (Lipinski definition) is 3. The van der Waals surface area contributed by atoms with Crippen molar-refractivity contribution in [3.63, 3.8) is 0 Å². The Bertz CT molecular complexity index is 694. The van der Waals surface area contributed by atoms with Gasteiger partial charge in [-0.25, -0.2) is 4.98 Å². The second-order valence-corrected chi connectivity index (χ2v) is 8.04. The lowest BCUT2D eigenvalue weighted by molar-refractivity contribution is 0.263. The summed E-state index contributed by atoms with van der Waals surface area (Å²) in [5.41, 5.74) is 2.57. The van der Waals surface area contributed by atoms with Gasteiger partial charge in [0.1, 0.15) is 5.82 Å². The molecule has 23 heavy (non-hydrogen) atoms. The standard InChI is InChI=1S/C18H25N3OS/c1-14(2)18-19-16-13-21(10-9-17(16)20(18)3)11-12-23(22)15-7-5-4-6-8-15/h4-8,14H,9-13H2,1-3H3/t23-/m1/s1. The zero-order chi connectivity index (χ0) is 16.4. The molecule has 0 unspecified atom stereocenters. The lowest BCUT2D eigenvalue weighted by atomic mass is 10.1. The number of benzene rings is 1. The Morgan fingerprint density at radius 2 is 2.00 bits per heavy atom. The Kier molecular flexibility index (Phi) is 4.97. The van der Waals surface area contributed by atoms with Crippen LogP contribution in [0.5, 0.6) is 0 Å². The van der Waals surface area contributed by atoms with Crippen molar-refractivity contribution in [1.29, 1.82) is 0 Å². The predicted molar refractivity (Wildman–Crippen MR) is 94.0 cm³/mol. The molecule has 1 aliphatic rings. The van der Waals surface area contributed by atoms with Gasteiger partial charge in [0.25, 0.3) is 0 Å². The van der Waals surface area contributed by atoms with Crippen molar-refractivity contribution in [3.05, 3.63) is 47.5 Å². The van der Waals surface area contributed by atoms with Crippen molar-refractivity contribution in [1.82, 2.24) is 14.5 Å². The van der Waals surface area contributed by atoms with Gasteiger partial charge in [0.15, 0.2) is 0 Å². The van der Waals surface area contributed by atoms with Crippen LogP contribution in [0, 0.1) is 0 Å². The van der Waals surface area contributed by atoms with Crippen LogP contribution < -0.4 is 0 Å². The monoisotopic (exact) mass is 331 g/mol. The van der Waals surface area contributed by atoms with Gasteiger partial charge in [-0.05, 0) is 12.1 Å². The van der Waals surface area contributed by atoms with E-state index < -0.39 is 10.8 Å². The summed E-state index contributed by atoms with van der Waals surface area (Å²) >= 11 is 0. The van der Waals surface area contributed by atoms with Crippen molar-refractivity contribution in [3.8, 4) is 0 Å². The van der Waals surface area contributed by atoms with E-state index in [0.717, 1.165) is 31.0 Å². The molecule has 0 N–H and O–H groups in total. The fraction of sp³-hybridized carbons (Fsp3) is 0.500. The van der Waals surface area contributed by atoms with Crippen LogP contribution in [0.25, 0.3) is 0 Å². The molecule has 1 aromatic heterocycles. The van der Waals surface area contributed by atoms with Crippen LogP contribution >= 0.6 is 0 Å². The molecular formula is C18H25N3OS. The lowest BCUT2D eigenvalue weighted by Crippen LogP contribution is -2.34. The molecule has 0 bridgehead atoms. The highest BCUT2D eigenvalue weighted by atomic mass is 32.2. The van der Waals surface area contributed by atoms with Crippen molar-refractivity contribution in [2.45, 2.75) is 37.6 Å². The molecule has 4 nitrogen and oxygen atoms in total. The van der Waals surface area contributed by atoms with Crippen molar-refractivity contribution >= 4 is 10.8 Å². The minimum absolute atomic E-state index is 0.449. The lowest BCUT2D eigenvalue weighted by Gasteiger charge is -2.26. The molecule has 124 valence electrons. The number of fused-ring (bicyclic) bond motifs is 1. The van der Waals surface area contributed by atoms with E-state index in [4.69, 9.17) is 4.98 Å². The molecule has 1 aliphatic heterocycles. The van der Waals surface area contributed by atoms with E-state index in [0.29, 0.717) is 11.7 Å². The molecule has 0 saturated heterocycles. The first-order chi connectivity index (χ1) is 11.1. The average Bonchev–Trinajstić information content (AvgIpc) is 2.90. The summed E-state index contributed by atoms with van der Waals surface area (Å²) in [6.45, 7) is 7.13. The maximum Gasteiger partial charge on any atom is 0.111 e. The van der Waals surface area contributed by atoms with Gasteiger partial charge < -0.3 is 4.57 Å². The second kappa shape index (κ2) is 6.97. The zero-order valence-corrected chi connectivity index (χ0v) is 15.0. The minimum Gasteiger partial charge on any atom is -0.335 e. The predicted octanol–water partition coefficient (Wildman–Crippen LogP) is 2.71. The van der Waals surface area contributed by atoms with Crippen molar-refractivity contribution in [2.75, 3.05) is 18.8 Å². The van der Waals surface area contributed by atoms with Crippen LogP contribution in [0.1, 0.15) is 37.0 Å². The smallest absolute Gasteiger partial charge is 0.111 e. The maximum atomic E-state index is 12.3. The summed E-state index contributed by atoms with van der Waals surface area (Å²) in [6, 6.07) is 9.74. The van der Waals surface area contributed by atoms with Gasteiger partial charge in [-0.15, -0.1) is 0 Å². The molecule has 1 aromatic carbocycles. The number of nitrogens with zero attached hydrogens (tertiary/aromatic N) is 3. The maximum absolute atomic E-state index is 12.3. The largest absolute Gasteiger partial charge is 0.335 e. The highest BCUT2D eigenvalue weighted by molar-refractivity contribution is 7.85. The third kappa shape index (κ3) is 3.56. The van der Waals surface area contributed by atoms with E-state index in [9.17, 15) is 4.21 Å². The molecule has 2 heterocycles. The van der Waals surface area contributed by atoms with Gasteiger partial charge >= 0.3 is 0 Å². The first-order valence-corrected chi connectivity index (χ1v) is 9.58. The third-order valence-corrected chi connectivity index (χ3v) is 5.84. The normalized spacial score (nSPS) is 16.5. The highest BCUT2D eigenvalue weighted by Gasteiger charge is 2.23. The van der Waals surface area contributed by atoms with Crippen LogP contribution in [0.15, 0.2) is 35.2 Å². The summed E-state index contributed by atoms with van der Waals surface area (Å²) < 4.78 is 14.6. The first-order valence-electron chi connectivity index (χ1n) is 8.26. The van der Waals surface area contributed by atoms with Crippen LogP contribution in [-0.2, 0) is 30.8 Å². The Morgan fingerprint density at radius 1 is 1.26 bits per heavy atom. The second-order valence-electron chi connectivity index (χ2n) is 6.47. The van der Waals surface area contributed by atoms with E-state index in [1.54, 1.807) is 0 Å². The van der Waals surface area contributed by atoms with E-state index >= 15 is 0 Å². The summed E-state index contributed by atoms with van der Waals surface area (Å²) in [7, 11) is 1.21. The Labute approximate surface area is 141 Å². The molecular weight excluding hydrogens is 306 g/mol. The van der Waals surface area contributed by atoms with E-state index in [2.05, 4.69) is 30.4 Å². The molecule has 0 radical (unpaired) electrons. The average molecular weight is 331 g/mol. The van der Waals surface area contributed by atoms with Crippen molar-refractivity contribution in [2.24, 2.45) is 7.05 Å². The molecule has 1 atom stereocenters. The fourth-order valence-electron chi connectivity index (χ4n) is 3.21. The van der Waals surface area contributed by atoms with Gasteiger partial charge in [0.05, 0.1) is 16.5 Å². The minimum atomic E-state index is -0.917. The summed E-state index contributed by atoms with van der Waals surface area (Å²) in [4.78, 5) is 8.13. The Morgan fingerprint density at radius 3 is 2.70 bits per heavy atom. The van der Waals surface area contributed by atoms with E-state index in [1.807, 2.05) is 30.3 Å². The topological polar surface area (TPSA) is 38.1 Å². The molecule has 0 spiro atoms.